The van der Waals surface area contributed by atoms with Crippen LogP contribution < -0.4 is 19.5 Å². The van der Waals surface area contributed by atoms with Crippen LogP contribution in [0.3, 0.4) is 0 Å². The number of carbonyl (C=O) groups excluding carboxylic acids is 2. The summed E-state index contributed by atoms with van der Waals surface area (Å²) in [6.45, 7) is 1.90. The van der Waals surface area contributed by atoms with Crippen LogP contribution in [-0.4, -0.2) is 54.0 Å². The number of nitrogens with zero attached hydrogens (tertiary/aromatic N) is 3. The Morgan fingerprint density at radius 1 is 1.02 bits per heavy atom. The van der Waals surface area contributed by atoms with Crippen molar-refractivity contribution in [3.63, 3.8) is 0 Å². The number of rotatable bonds is 11. The molecule has 1 saturated heterocycles. The van der Waals surface area contributed by atoms with Gasteiger partial charge in [-0.1, -0.05) is 35.9 Å². The van der Waals surface area contributed by atoms with E-state index in [1.165, 1.54) is 31.6 Å². The summed E-state index contributed by atoms with van der Waals surface area (Å²) in [5.41, 5.74) is 2.94. The van der Waals surface area contributed by atoms with Crippen molar-refractivity contribution in [1.29, 1.82) is 0 Å². The lowest BCUT2D eigenvalue weighted by atomic mass is 10.2. The molecular formula is C33H30N4O7S. The fourth-order valence-electron chi connectivity index (χ4n) is 4.26. The van der Waals surface area contributed by atoms with Gasteiger partial charge < -0.3 is 29.1 Å². The molecule has 11 nitrogen and oxygen atoms in total. The van der Waals surface area contributed by atoms with Crippen LogP contribution in [0.15, 0.2) is 98.6 Å². The number of benzene rings is 3. The third kappa shape index (κ3) is 7.73. The molecule has 2 N–H and O–H groups in total. The van der Waals surface area contributed by atoms with Crippen LogP contribution in [-0.2, 0) is 16.1 Å². The number of phenols is 1. The smallest absolute Gasteiger partial charge is 0.267 e. The molecule has 5 rings (SSSR count). The predicted molar refractivity (Wildman–Crippen MR) is 173 cm³/mol. The lowest BCUT2D eigenvalue weighted by Crippen LogP contribution is -2.28. The molecule has 0 aliphatic carbocycles. The number of thioether (sulfide) groups is 1. The van der Waals surface area contributed by atoms with E-state index in [4.69, 9.17) is 18.6 Å². The number of anilines is 1. The maximum absolute atomic E-state index is 13.6. The van der Waals surface area contributed by atoms with Crippen molar-refractivity contribution in [3.8, 4) is 23.0 Å². The zero-order valence-corrected chi connectivity index (χ0v) is 25.5. The fraction of sp³-hybridized carbons (Fsp3) is 0.152. The van der Waals surface area contributed by atoms with Crippen molar-refractivity contribution in [1.82, 2.24) is 4.90 Å². The number of aryl methyl sites for hydroxylation is 1. The van der Waals surface area contributed by atoms with Crippen molar-refractivity contribution < 1.29 is 33.3 Å². The number of amidine groups is 1. The van der Waals surface area contributed by atoms with E-state index in [-0.39, 0.29) is 42.2 Å². The summed E-state index contributed by atoms with van der Waals surface area (Å²) in [7, 11) is 2.86. The van der Waals surface area contributed by atoms with E-state index in [0.717, 1.165) is 17.3 Å². The summed E-state index contributed by atoms with van der Waals surface area (Å²) in [5.74, 6) is 0.695. The highest BCUT2D eigenvalue weighted by Gasteiger charge is 2.34. The van der Waals surface area contributed by atoms with E-state index >= 15 is 0 Å². The summed E-state index contributed by atoms with van der Waals surface area (Å²) in [5, 5.41) is 21.8. The van der Waals surface area contributed by atoms with Crippen molar-refractivity contribution in [2.24, 2.45) is 10.2 Å². The zero-order valence-electron chi connectivity index (χ0n) is 24.7. The first-order chi connectivity index (χ1) is 21.8. The van der Waals surface area contributed by atoms with Gasteiger partial charge in [-0.2, -0.15) is 5.10 Å². The van der Waals surface area contributed by atoms with Crippen LogP contribution >= 0.6 is 11.8 Å². The number of aromatic hydroxyl groups is 1. The quantitative estimate of drug-likeness (QED) is 0.121. The number of amides is 2. The molecule has 2 amide bonds. The highest BCUT2D eigenvalue weighted by molar-refractivity contribution is 8.18. The first-order valence-electron chi connectivity index (χ1n) is 13.7. The van der Waals surface area contributed by atoms with Gasteiger partial charge in [-0.15, -0.1) is 5.10 Å². The molecule has 1 aromatic heterocycles. The van der Waals surface area contributed by atoms with Gasteiger partial charge in [0.1, 0.15) is 11.5 Å². The van der Waals surface area contributed by atoms with Gasteiger partial charge in [-0.05, 0) is 67.2 Å². The number of furan rings is 1. The van der Waals surface area contributed by atoms with Crippen molar-refractivity contribution in [3.05, 3.63) is 106 Å². The molecule has 45 heavy (non-hydrogen) atoms. The van der Waals surface area contributed by atoms with Gasteiger partial charge in [0.2, 0.25) is 5.75 Å². The van der Waals surface area contributed by atoms with E-state index in [1.807, 2.05) is 37.3 Å². The van der Waals surface area contributed by atoms with Gasteiger partial charge in [0.25, 0.3) is 11.8 Å². The van der Waals surface area contributed by atoms with Crippen LogP contribution in [0.4, 0.5) is 5.69 Å². The van der Waals surface area contributed by atoms with Crippen LogP contribution in [0, 0.1) is 6.92 Å². The number of para-hydroxylation sites is 1. The lowest BCUT2D eigenvalue weighted by molar-refractivity contribution is -0.122. The van der Waals surface area contributed by atoms with Crippen molar-refractivity contribution in [2.75, 3.05) is 26.1 Å². The second-order valence-electron chi connectivity index (χ2n) is 9.72. The summed E-state index contributed by atoms with van der Waals surface area (Å²) in [6, 6.07) is 21.3. The zero-order chi connectivity index (χ0) is 31.8. The van der Waals surface area contributed by atoms with Crippen LogP contribution in [0.25, 0.3) is 6.08 Å². The number of carbonyl (C=O) groups is 2. The van der Waals surface area contributed by atoms with Gasteiger partial charge in [0.15, 0.2) is 23.3 Å². The molecule has 2 heterocycles. The largest absolute Gasteiger partial charge is 0.502 e. The summed E-state index contributed by atoms with van der Waals surface area (Å²) >= 11 is 1.14. The average Bonchev–Trinajstić information content (AvgIpc) is 3.66. The molecule has 1 aliphatic rings. The summed E-state index contributed by atoms with van der Waals surface area (Å²) in [4.78, 5) is 28.0. The number of nitrogens with one attached hydrogen (secondary N) is 1. The first-order valence-corrected chi connectivity index (χ1v) is 14.5. The van der Waals surface area contributed by atoms with Crippen molar-refractivity contribution in [2.45, 2.75) is 13.5 Å². The highest BCUT2D eigenvalue weighted by Crippen LogP contribution is 2.37. The van der Waals surface area contributed by atoms with Crippen molar-refractivity contribution >= 4 is 46.7 Å². The second-order valence-corrected chi connectivity index (χ2v) is 10.7. The number of ether oxygens (including phenoxy) is 3. The Morgan fingerprint density at radius 2 is 1.76 bits per heavy atom. The number of phenolic OH excluding ortho intramolecular Hbond substituents is 1. The van der Waals surface area contributed by atoms with E-state index in [0.29, 0.717) is 38.4 Å². The number of hydrogen-bond donors (Lipinski definition) is 2. The second kappa shape index (κ2) is 14.3. The standard InChI is InChI=1S/C33H30N4O7S/c1-21-10-12-24(13-11-21)35-30(38)20-44-26-9-5-4-7-23(26)17-29-32(40)37(19-25-8-6-14-43-25)33(45-29)36-34-18-22-15-27(41-2)31(39)28(16-22)42-3/h4-18,39H,19-20H2,1-3H3,(H,35,38)/b29-17-,34-18-,36-33+. The molecule has 4 aromatic rings. The molecule has 0 atom stereocenters. The number of hydrogen-bond acceptors (Lipinski definition) is 10. The SMILES string of the molecule is COc1cc(/C=N\N=C2\S/C(=C\c3ccccc3OCC(=O)Nc3ccc(C)cc3)C(=O)N2Cc2ccco2)cc(OC)c1O. The van der Waals surface area contributed by atoms with Crippen LogP contribution in [0.5, 0.6) is 23.0 Å². The van der Waals surface area contributed by atoms with Gasteiger partial charge in [-0.3, -0.25) is 14.5 Å². The lowest BCUT2D eigenvalue weighted by Gasteiger charge is -2.13. The van der Waals surface area contributed by atoms with Crippen LogP contribution in [0.1, 0.15) is 22.5 Å². The minimum Gasteiger partial charge on any atom is -0.502 e. The average molecular weight is 627 g/mol. The molecule has 0 bridgehead atoms. The molecule has 0 radical (unpaired) electrons. The van der Waals surface area contributed by atoms with Gasteiger partial charge in [0, 0.05) is 16.8 Å². The van der Waals surface area contributed by atoms with E-state index in [2.05, 4.69) is 15.5 Å². The number of methoxy groups -OCH3 is 2. The minimum atomic E-state index is -0.312. The van der Waals surface area contributed by atoms with Gasteiger partial charge in [0.05, 0.1) is 38.1 Å². The molecule has 0 saturated carbocycles. The summed E-state index contributed by atoms with van der Waals surface area (Å²) in [6.07, 6.45) is 4.68. The topological polar surface area (TPSA) is 135 Å². The molecule has 1 fully saturated rings. The monoisotopic (exact) mass is 626 g/mol. The van der Waals surface area contributed by atoms with Crippen LogP contribution in [0.2, 0.25) is 0 Å². The first kappa shape index (κ1) is 31.0. The van der Waals surface area contributed by atoms with E-state index in [1.54, 1.807) is 48.5 Å². The maximum Gasteiger partial charge on any atom is 0.267 e. The Bertz CT molecular complexity index is 1740. The van der Waals surface area contributed by atoms with Gasteiger partial charge in [-0.25, -0.2) is 0 Å². The Labute approximate surface area is 263 Å². The van der Waals surface area contributed by atoms with E-state index < -0.39 is 0 Å². The third-order valence-corrected chi connectivity index (χ3v) is 7.53. The molecule has 0 unspecified atom stereocenters. The molecule has 0 spiro atoms. The highest BCUT2D eigenvalue weighted by atomic mass is 32.2. The minimum absolute atomic E-state index is 0.129. The Kier molecular flexibility index (Phi) is 9.85. The predicted octanol–water partition coefficient (Wildman–Crippen LogP) is 5.83. The molecule has 1 aliphatic heterocycles. The molecule has 230 valence electrons. The Balaban J connectivity index is 1.36. The Morgan fingerprint density at radius 3 is 2.44 bits per heavy atom. The maximum atomic E-state index is 13.6. The Hall–Kier alpha value is -5.49. The molecule has 3 aromatic carbocycles. The summed E-state index contributed by atoms with van der Waals surface area (Å²) < 4.78 is 21.7. The fourth-order valence-corrected chi connectivity index (χ4v) is 5.19. The molecule has 12 heteroatoms. The third-order valence-electron chi connectivity index (χ3n) is 6.53. The normalized spacial score (nSPS) is 14.8. The van der Waals surface area contributed by atoms with E-state index in [9.17, 15) is 14.7 Å². The van der Waals surface area contributed by atoms with Gasteiger partial charge >= 0.3 is 0 Å². The molecular weight excluding hydrogens is 596 g/mol.